The van der Waals surface area contributed by atoms with Crippen molar-refractivity contribution in [2.24, 2.45) is 0 Å². The van der Waals surface area contributed by atoms with E-state index in [4.69, 9.17) is 36.0 Å². The summed E-state index contributed by atoms with van der Waals surface area (Å²) in [5.74, 6) is 0.798. The smallest absolute Gasteiger partial charge is 0.290 e. The van der Waals surface area contributed by atoms with Crippen molar-refractivity contribution in [3.8, 4) is 5.75 Å². The third-order valence-corrected chi connectivity index (χ3v) is 6.63. The average molecular weight is 528 g/mol. The van der Waals surface area contributed by atoms with Gasteiger partial charge in [0.1, 0.15) is 26.4 Å². The van der Waals surface area contributed by atoms with E-state index in [0.29, 0.717) is 0 Å². The van der Waals surface area contributed by atoms with Gasteiger partial charge >= 0.3 is 0 Å². The van der Waals surface area contributed by atoms with Gasteiger partial charge in [-0.2, -0.15) is 0 Å². The summed E-state index contributed by atoms with van der Waals surface area (Å²) in [7, 11) is 0.540. The maximum atomic E-state index is 11.1. The number of nitrogens with two attached hydrogens (primary N) is 2. The number of rotatable bonds is 3. The normalized spacial score (nSPS) is 10.5. The highest BCUT2D eigenvalue weighted by Gasteiger charge is 2.12. The zero-order valence-corrected chi connectivity index (χ0v) is 21.2. The first-order valence-corrected chi connectivity index (χ1v) is 12.4. The first kappa shape index (κ1) is 28.5. The Kier molecular flexibility index (Phi) is 11.7. The van der Waals surface area contributed by atoms with Gasteiger partial charge in [-0.15, -0.1) is 22.7 Å². The molecule has 0 saturated carbocycles. The highest BCUT2D eigenvalue weighted by atomic mass is 32.2. The van der Waals surface area contributed by atoms with E-state index in [9.17, 15) is 4.21 Å². The highest BCUT2D eigenvalue weighted by Crippen LogP contribution is 2.37. The summed E-state index contributed by atoms with van der Waals surface area (Å²) in [4.78, 5) is 29.1. The van der Waals surface area contributed by atoms with Crippen molar-refractivity contribution in [2.75, 3.05) is 29.6 Å². The average Bonchev–Trinajstić information content (AvgIpc) is 3.24. The second-order valence-corrected chi connectivity index (χ2v) is 9.66. The monoisotopic (exact) mass is 527 g/mol. The third kappa shape index (κ3) is 7.26. The van der Waals surface area contributed by atoms with Gasteiger partial charge in [0, 0.05) is 28.4 Å². The molecule has 4 aromatic rings. The zero-order valence-electron chi connectivity index (χ0n) is 18.8. The SMILES string of the molecule is COc1ccnc2sc(C)c(N)c12.Cc1sc2nccc(NS(C)=O)c2c1N.O=CO.O=CO. The van der Waals surface area contributed by atoms with E-state index in [-0.39, 0.29) is 12.9 Å². The molecule has 4 rings (SSSR count). The van der Waals surface area contributed by atoms with Crippen LogP contribution in [0.3, 0.4) is 0 Å². The van der Waals surface area contributed by atoms with Crippen LogP contribution in [0.4, 0.5) is 17.1 Å². The van der Waals surface area contributed by atoms with Crippen LogP contribution < -0.4 is 20.9 Å². The number of pyridine rings is 2. The van der Waals surface area contributed by atoms with Crippen molar-refractivity contribution in [2.45, 2.75) is 13.8 Å². The fraction of sp³-hybridized carbons (Fsp3) is 0.200. The Labute approximate surface area is 206 Å². The minimum Gasteiger partial charge on any atom is -0.496 e. The number of carboxylic acid groups (broad SMARTS) is 2. The molecule has 1 unspecified atom stereocenters. The quantitative estimate of drug-likeness (QED) is 0.246. The van der Waals surface area contributed by atoms with E-state index in [1.165, 1.54) is 0 Å². The highest BCUT2D eigenvalue weighted by molar-refractivity contribution is 7.85. The van der Waals surface area contributed by atoms with Gasteiger partial charge in [0.25, 0.3) is 12.9 Å². The molecule has 0 radical (unpaired) electrons. The van der Waals surface area contributed by atoms with E-state index in [0.717, 1.165) is 53.0 Å². The van der Waals surface area contributed by atoms with Gasteiger partial charge in [-0.05, 0) is 26.0 Å². The van der Waals surface area contributed by atoms with Gasteiger partial charge < -0.3 is 31.1 Å². The van der Waals surface area contributed by atoms with Crippen molar-refractivity contribution in [1.29, 1.82) is 0 Å². The summed E-state index contributed by atoms with van der Waals surface area (Å²) in [6.45, 7) is 3.44. The van der Waals surface area contributed by atoms with E-state index in [2.05, 4.69) is 14.7 Å². The topological polar surface area (TPSA) is 191 Å². The lowest BCUT2D eigenvalue weighted by atomic mass is 10.2. The minimum absolute atomic E-state index is 0.250. The van der Waals surface area contributed by atoms with Crippen molar-refractivity contribution >= 4 is 84.1 Å². The predicted octanol–water partition coefficient (Wildman–Crippen LogP) is 3.49. The molecule has 0 amide bonds. The number of anilines is 3. The van der Waals surface area contributed by atoms with E-state index < -0.39 is 11.0 Å². The Morgan fingerprint density at radius 1 is 0.971 bits per heavy atom. The number of nitrogen functional groups attached to an aromatic ring is 2. The Morgan fingerprint density at radius 3 is 1.88 bits per heavy atom. The van der Waals surface area contributed by atoms with Crippen molar-refractivity contribution < 1.29 is 28.7 Å². The van der Waals surface area contributed by atoms with Crippen LogP contribution >= 0.6 is 22.7 Å². The molecule has 0 aliphatic rings. The van der Waals surface area contributed by atoms with Crippen LogP contribution in [0.15, 0.2) is 24.5 Å². The lowest BCUT2D eigenvalue weighted by Crippen LogP contribution is -2.02. The maximum Gasteiger partial charge on any atom is 0.290 e. The summed E-state index contributed by atoms with van der Waals surface area (Å²) in [6.07, 6.45) is 5.01. The molecular formula is C20H25N5O6S3. The molecule has 0 fully saturated rings. The van der Waals surface area contributed by atoms with Crippen LogP contribution in [0.5, 0.6) is 5.75 Å². The largest absolute Gasteiger partial charge is 0.496 e. The van der Waals surface area contributed by atoms with E-state index in [1.807, 2.05) is 19.9 Å². The van der Waals surface area contributed by atoms with Gasteiger partial charge in [-0.25, -0.2) is 14.2 Å². The second-order valence-electron chi connectivity index (χ2n) is 6.14. The molecule has 0 aliphatic heterocycles. The first-order chi connectivity index (χ1) is 16.2. The Hall–Kier alpha value is -3.49. The molecule has 4 aromatic heterocycles. The summed E-state index contributed by atoms with van der Waals surface area (Å²) in [5.41, 5.74) is 14.1. The number of nitrogens with zero attached hydrogens (tertiary/aromatic N) is 2. The number of methoxy groups -OCH3 is 1. The lowest BCUT2D eigenvalue weighted by molar-refractivity contribution is -0.123. The van der Waals surface area contributed by atoms with E-state index in [1.54, 1.807) is 54.5 Å². The Bertz CT molecular complexity index is 1270. The van der Waals surface area contributed by atoms with Gasteiger partial charge in [-0.1, -0.05) is 0 Å². The minimum atomic E-state index is -1.10. The van der Waals surface area contributed by atoms with E-state index >= 15 is 0 Å². The summed E-state index contributed by atoms with van der Waals surface area (Å²) in [5, 5.41) is 15.6. The molecular weight excluding hydrogens is 502 g/mol. The fourth-order valence-electron chi connectivity index (χ4n) is 2.69. The number of ether oxygens (including phenoxy) is 1. The number of fused-ring (bicyclic) bond motifs is 2. The predicted molar refractivity (Wildman–Crippen MR) is 139 cm³/mol. The molecule has 0 bridgehead atoms. The summed E-state index contributed by atoms with van der Waals surface area (Å²) in [6, 6.07) is 3.61. The van der Waals surface area contributed by atoms with Gasteiger partial charge in [-0.3, -0.25) is 9.59 Å². The van der Waals surface area contributed by atoms with Gasteiger partial charge in [0.15, 0.2) is 0 Å². The number of hydrogen-bond donors (Lipinski definition) is 5. The van der Waals surface area contributed by atoms with Gasteiger partial charge in [0.2, 0.25) is 0 Å². The number of nitrogens with one attached hydrogen (secondary N) is 1. The number of aryl methyl sites for hydroxylation is 2. The molecule has 4 heterocycles. The molecule has 184 valence electrons. The van der Waals surface area contributed by atoms with Crippen molar-refractivity contribution in [1.82, 2.24) is 9.97 Å². The molecule has 0 aliphatic carbocycles. The molecule has 1 atom stereocenters. The number of thiophene rings is 2. The molecule has 7 N–H and O–H groups in total. The number of hydrogen-bond acceptors (Lipinski definition) is 10. The van der Waals surface area contributed by atoms with Crippen molar-refractivity contribution in [3.05, 3.63) is 34.3 Å². The summed E-state index contributed by atoms with van der Waals surface area (Å²) >= 11 is 3.14. The van der Waals surface area contributed by atoms with Crippen LogP contribution in [0.1, 0.15) is 9.75 Å². The van der Waals surface area contributed by atoms with Gasteiger partial charge in [0.05, 0.1) is 34.9 Å². The molecule has 0 saturated heterocycles. The standard InChI is InChI=1S/C9H11N3OS2.C9H10N2OS.2CH2O2/c1-5-8(10)7-6(12-15(2)13)3-4-11-9(7)14-5;1-5-8(10)7-6(12-2)3-4-11-9(7)13-5;2*2-1-3/h3-4H,10H2,1-2H3,(H,11,12);3-4H,10H2,1-2H3;2*1H,(H,2,3). The van der Waals surface area contributed by atoms with Crippen LogP contribution in [-0.4, -0.2) is 50.7 Å². The molecule has 0 aromatic carbocycles. The first-order valence-electron chi connectivity index (χ1n) is 9.23. The summed E-state index contributed by atoms with van der Waals surface area (Å²) < 4.78 is 19.2. The van der Waals surface area contributed by atoms with Crippen LogP contribution in [-0.2, 0) is 20.6 Å². The molecule has 34 heavy (non-hydrogen) atoms. The number of carbonyl (C=O) groups is 2. The second kappa shape index (κ2) is 13.9. The van der Waals surface area contributed by atoms with Crippen LogP contribution in [0, 0.1) is 13.8 Å². The maximum absolute atomic E-state index is 11.1. The molecule has 0 spiro atoms. The third-order valence-electron chi connectivity index (χ3n) is 4.06. The van der Waals surface area contributed by atoms with Crippen LogP contribution in [0.2, 0.25) is 0 Å². The van der Waals surface area contributed by atoms with Crippen LogP contribution in [0.25, 0.3) is 20.4 Å². The Balaban J connectivity index is 0.000000278. The lowest BCUT2D eigenvalue weighted by Gasteiger charge is -2.04. The molecule has 14 heteroatoms. The van der Waals surface area contributed by atoms with Crippen molar-refractivity contribution in [3.63, 3.8) is 0 Å². The Morgan fingerprint density at radius 2 is 1.41 bits per heavy atom. The molecule has 11 nitrogen and oxygen atoms in total. The number of aromatic nitrogens is 2. The fourth-order valence-corrected chi connectivity index (χ4v) is 5.04. The zero-order chi connectivity index (χ0) is 25.8.